The molecule has 1 aromatic rings. The van der Waals surface area contributed by atoms with Crippen molar-refractivity contribution in [2.75, 3.05) is 6.61 Å². The number of unbranched alkanes of at least 4 members (excludes halogenated alkanes) is 3. The number of aliphatic hydroxyl groups is 1. The van der Waals surface area contributed by atoms with E-state index >= 15 is 0 Å². The van der Waals surface area contributed by atoms with Crippen molar-refractivity contribution < 1.29 is 53.8 Å². The molecule has 49 heavy (non-hydrogen) atoms. The number of allylic oxidation sites excluding steroid dienone is 1. The molecule has 1 aromatic carbocycles. The van der Waals surface area contributed by atoms with Crippen molar-refractivity contribution in [2.45, 2.75) is 147 Å². The fourth-order valence-electron chi connectivity index (χ4n) is 6.43. The normalized spacial score (nSPS) is 27.3. The molecule has 5 N–H and O–H groups in total. The van der Waals surface area contributed by atoms with Crippen LogP contribution in [0, 0.1) is 5.92 Å². The van der Waals surface area contributed by atoms with Crippen molar-refractivity contribution in [1.82, 2.24) is 5.32 Å². The molecule has 274 valence electrons. The van der Waals surface area contributed by atoms with Crippen molar-refractivity contribution in [3.05, 3.63) is 41.7 Å². The van der Waals surface area contributed by atoms with Crippen molar-refractivity contribution in [1.29, 1.82) is 0 Å². The number of carboxylic acid groups (broad SMARTS) is 3. The highest BCUT2D eigenvalue weighted by Gasteiger charge is 2.51. The number of epoxide rings is 1. The summed E-state index contributed by atoms with van der Waals surface area (Å²) in [6, 6.07) is 6.04. The molecule has 12 nitrogen and oxygen atoms in total. The van der Waals surface area contributed by atoms with Crippen LogP contribution in [0.5, 0.6) is 5.75 Å². The minimum atomic E-state index is -2.50. The molecule has 0 amide bonds. The van der Waals surface area contributed by atoms with E-state index < -0.39 is 60.3 Å². The van der Waals surface area contributed by atoms with Gasteiger partial charge in [0.1, 0.15) is 24.6 Å². The lowest BCUT2D eigenvalue weighted by Gasteiger charge is -2.31. The molecular weight excluding hydrogens is 634 g/mol. The van der Waals surface area contributed by atoms with Gasteiger partial charge in [0.2, 0.25) is 0 Å². The number of ether oxygens (including phenoxy) is 3. The second-order valence-corrected chi connectivity index (χ2v) is 13.4. The molecule has 3 unspecified atom stereocenters. The number of fused-ring (bicyclic) bond motifs is 19. The number of carbonyl (C=O) groups is 4. The molecule has 3 aliphatic rings. The third-order valence-electron chi connectivity index (χ3n) is 9.45. The van der Waals surface area contributed by atoms with Gasteiger partial charge < -0.3 is 34.6 Å². The first-order chi connectivity index (χ1) is 23.4. The number of carbonyl (C=O) groups excluding carboxylic acids is 1. The fraction of sp³-hybridized carbons (Fsp3) is 0.676. The maximum absolute atomic E-state index is 13.2. The van der Waals surface area contributed by atoms with Crippen molar-refractivity contribution in [3.8, 4) is 5.75 Å². The Balaban J connectivity index is 1.75. The van der Waals surface area contributed by atoms with Gasteiger partial charge in [-0.2, -0.15) is 0 Å². The predicted octanol–water partition coefficient (Wildman–Crippen LogP) is 5.64. The van der Waals surface area contributed by atoms with Gasteiger partial charge in [0.15, 0.2) is 17.5 Å². The van der Waals surface area contributed by atoms with Crippen LogP contribution in [0.3, 0.4) is 0 Å². The van der Waals surface area contributed by atoms with Crippen LogP contribution in [0.2, 0.25) is 0 Å². The van der Waals surface area contributed by atoms with Crippen LogP contribution in [-0.2, 0) is 35.1 Å². The molecule has 1 fully saturated rings. The lowest BCUT2D eigenvalue weighted by Crippen LogP contribution is -2.48. The van der Waals surface area contributed by atoms with Crippen LogP contribution in [0.15, 0.2) is 36.1 Å². The molecule has 0 radical (unpaired) electrons. The van der Waals surface area contributed by atoms with E-state index in [1.165, 1.54) is 0 Å². The minimum Gasteiger partial charge on any atom is -0.489 e. The molecule has 0 saturated carbocycles. The Morgan fingerprint density at radius 3 is 2.31 bits per heavy atom. The first-order valence-corrected chi connectivity index (χ1v) is 17.8. The van der Waals surface area contributed by atoms with E-state index in [-0.39, 0.29) is 31.7 Å². The molecule has 0 aliphatic carbocycles. The molecular formula is C37H55NO11. The zero-order chi connectivity index (χ0) is 35.8. The van der Waals surface area contributed by atoms with Crippen LogP contribution in [0.4, 0.5) is 0 Å². The number of carboxylic acids is 3. The van der Waals surface area contributed by atoms with Gasteiger partial charge in [0.05, 0.1) is 18.3 Å². The van der Waals surface area contributed by atoms with Gasteiger partial charge in [-0.25, -0.2) is 4.79 Å². The van der Waals surface area contributed by atoms with E-state index in [1.807, 2.05) is 13.0 Å². The summed E-state index contributed by atoms with van der Waals surface area (Å²) in [5.74, 6) is -3.74. The number of Topliss-reactive ketones (excluding diaryl/α,β-unsaturated/α-hetero) is 1. The summed E-state index contributed by atoms with van der Waals surface area (Å²) in [5.41, 5.74) is -1.76. The number of ketones is 1. The summed E-state index contributed by atoms with van der Waals surface area (Å²) >= 11 is 0. The molecule has 4 rings (SSSR count). The van der Waals surface area contributed by atoms with E-state index in [0.29, 0.717) is 30.8 Å². The minimum absolute atomic E-state index is 0.0594. The topological polar surface area (TPSA) is 192 Å². The lowest BCUT2D eigenvalue weighted by atomic mass is 9.78. The summed E-state index contributed by atoms with van der Waals surface area (Å²) in [6.07, 6.45) is 9.45. The first-order valence-electron chi connectivity index (χ1n) is 17.8. The van der Waals surface area contributed by atoms with Crippen LogP contribution in [0.1, 0.15) is 116 Å². The summed E-state index contributed by atoms with van der Waals surface area (Å²) in [7, 11) is 0. The zero-order valence-corrected chi connectivity index (χ0v) is 28.9. The van der Waals surface area contributed by atoms with Crippen molar-refractivity contribution in [2.24, 2.45) is 5.92 Å². The number of aliphatic carboxylic acids is 3. The van der Waals surface area contributed by atoms with Crippen molar-refractivity contribution >= 4 is 23.7 Å². The van der Waals surface area contributed by atoms with Gasteiger partial charge in [-0.05, 0) is 69.2 Å². The third-order valence-corrected chi connectivity index (χ3v) is 9.45. The first kappa shape index (κ1) is 40.0. The molecule has 3 aliphatic heterocycles. The van der Waals surface area contributed by atoms with Crippen molar-refractivity contribution in [3.63, 3.8) is 0 Å². The summed E-state index contributed by atoms with van der Waals surface area (Å²) in [4.78, 5) is 49.0. The summed E-state index contributed by atoms with van der Waals surface area (Å²) in [5, 5.41) is 43.2. The van der Waals surface area contributed by atoms with Gasteiger partial charge in [-0.15, -0.1) is 0 Å². The van der Waals surface area contributed by atoms with Crippen LogP contribution >= 0.6 is 0 Å². The quantitative estimate of drug-likeness (QED) is 0.150. The number of benzene rings is 1. The Bertz CT molecular complexity index is 1250. The second-order valence-electron chi connectivity index (χ2n) is 13.4. The molecule has 6 atom stereocenters. The van der Waals surface area contributed by atoms with E-state index in [4.69, 9.17) is 14.2 Å². The third kappa shape index (κ3) is 13.7. The Hall–Kier alpha value is -3.48. The van der Waals surface area contributed by atoms with Crippen LogP contribution in [0.25, 0.3) is 0 Å². The maximum atomic E-state index is 13.2. The van der Waals surface area contributed by atoms with E-state index in [1.54, 1.807) is 24.3 Å². The fourth-order valence-corrected chi connectivity index (χ4v) is 6.43. The van der Waals surface area contributed by atoms with Gasteiger partial charge >= 0.3 is 17.9 Å². The molecule has 2 bridgehead atoms. The maximum Gasteiger partial charge on any atom is 0.336 e. The zero-order valence-electron chi connectivity index (χ0n) is 28.9. The molecule has 0 spiro atoms. The molecule has 0 aromatic heterocycles. The second kappa shape index (κ2) is 20.3. The molecule has 1 saturated heterocycles. The van der Waals surface area contributed by atoms with Gasteiger partial charge in [-0.1, -0.05) is 70.4 Å². The Kier molecular flexibility index (Phi) is 16.5. The highest BCUT2D eigenvalue weighted by Crippen LogP contribution is 2.37. The lowest BCUT2D eigenvalue weighted by molar-refractivity contribution is -0.173. The van der Waals surface area contributed by atoms with Crippen LogP contribution in [-0.4, -0.2) is 80.8 Å². The Morgan fingerprint density at radius 2 is 1.65 bits per heavy atom. The Morgan fingerprint density at radius 1 is 0.959 bits per heavy atom. The highest BCUT2D eigenvalue weighted by molar-refractivity contribution is 5.84. The number of hydrogen-bond donors (Lipinski definition) is 5. The van der Waals surface area contributed by atoms with Gasteiger partial charge in [0, 0.05) is 12.3 Å². The average molecular weight is 690 g/mol. The largest absolute Gasteiger partial charge is 0.489 e. The SMILES string of the molecule is CCCCCCC1O/C(C)=C/COc2ccc(cc2)C[C@@H](C(=O)O)NC2OC2C[C@H]([C@@](O)(CC(=O)O)C(=O)O)CCCCCCCCC1=O. The van der Waals surface area contributed by atoms with Crippen LogP contribution < -0.4 is 10.1 Å². The van der Waals surface area contributed by atoms with Gasteiger partial charge in [0.25, 0.3) is 0 Å². The summed E-state index contributed by atoms with van der Waals surface area (Å²) in [6.45, 7) is 4.21. The molecule has 3 heterocycles. The monoisotopic (exact) mass is 689 g/mol. The number of hydrogen-bond acceptors (Lipinski definition) is 9. The Labute approximate surface area is 289 Å². The highest BCUT2D eigenvalue weighted by atomic mass is 16.6. The van der Waals surface area contributed by atoms with E-state index in [2.05, 4.69) is 12.2 Å². The standard InChI is InChI=1S/C37H55NO11/c1-3-4-5-12-15-31-30(39)14-11-9-7-6-8-10-13-27(37(46,36(44)45)24-33(40)41)23-32-34(49-32)38-29(35(42)43)22-26-16-18-28(19-17-26)47-21-20-25(2)48-31/h16-20,27,29,31-32,34,38,46H,3-15,21-24H2,1-2H3,(H,40,41)(H,42,43)(H,44,45)/b25-20+/t27-,29+,31?,32?,34?,37+/m1/s1. The van der Waals surface area contributed by atoms with E-state index in [0.717, 1.165) is 63.4 Å². The molecule has 12 heteroatoms. The number of nitrogens with one attached hydrogen (secondary N) is 1. The predicted molar refractivity (Wildman–Crippen MR) is 181 cm³/mol. The number of rotatable bonds is 10. The van der Waals surface area contributed by atoms with Gasteiger partial charge in [-0.3, -0.25) is 19.7 Å². The average Bonchev–Trinajstić information content (AvgIpc) is 3.79. The smallest absolute Gasteiger partial charge is 0.336 e. The van der Waals surface area contributed by atoms with E-state index in [9.17, 15) is 39.6 Å². The summed E-state index contributed by atoms with van der Waals surface area (Å²) < 4.78 is 17.6.